The highest BCUT2D eigenvalue weighted by atomic mass is 32.1. The topological polar surface area (TPSA) is 41.6 Å². The van der Waals surface area contributed by atoms with Crippen LogP contribution in [-0.4, -0.2) is 45.1 Å². The fraction of sp³-hybridized carbons (Fsp3) is 0.500. The molecule has 1 aromatic heterocycles. The third kappa shape index (κ3) is 2.94. The molecule has 0 saturated carbocycles. The maximum absolute atomic E-state index is 11.9. The largest absolute Gasteiger partial charge is 0.495 e. The minimum absolute atomic E-state index is 0.0112. The number of nitrogens with zero attached hydrogens (tertiary/aromatic N) is 1. The summed E-state index contributed by atoms with van der Waals surface area (Å²) < 4.78 is 5.11. The summed E-state index contributed by atoms with van der Waals surface area (Å²) in [6, 6.07) is 1.81. The van der Waals surface area contributed by atoms with Crippen LogP contribution in [-0.2, 0) is 0 Å². The predicted octanol–water partition coefficient (Wildman–Crippen LogP) is 1.05. The molecule has 0 saturated heterocycles. The molecule has 0 bridgehead atoms. The number of rotatable bonds is 5. The maximum Gasteiger partial charge on any atom is 0.267 e. The molecule has 1 aromatic rings. The number of ether oxygens (including phenoxy) is 1. The normalized spacial score (nSPS) is 10.1. The van der Waals surface area contributed by atoms with Crippen LogP contribution in [0.1, 0.15) is 9.67 Å². The molecular weight excluding hydrogens is 212 g/mol. The van der Waals surface area contributed by atoms with Gasteiger partial charge in [-0.05, 0) is 18.5 Å². The minimum Gasteiger partial charge on any atom is -0.495 e. The third-order valence-corrected chi connectivity index (χ3v) is 2.97. The summed E-state index contributed by atoms with van der Waals surface area (Å²) in [5, 5.41) is 4.86. The minimum atomic E-state index is 0.0112. The summed E-state index contributed by atoms with van der Waals surface area (Å²) in [4.78, 5) is 14.3. The Bertz CT molecular complexity index is 325. The van der Waals surface area contributed by atoms with Crippen molar-refractivity contribution >= 4 is 17.2 Å². The van der Waals surface area contributed by atoms with Crippen LogP contribution in [0.15, 0.2) is 11.4 Å². The Morgan fingerprint density at radius 3 is 3.00 bits per heavy atom. The summed E-state index contributed by atoms with van der Waals surface area (Å²) in [5.74, 6) is 0.665. The summed E-state index contributed by atoms with van der Waals surface area (Å²) >= 11 is 1.41. The van der Waals surface area contributed by atoms with Crippen molar-refractivity contribution in [2.24, 2.45) is 0 Å². The molecule has 1 rings (SSSR count). The van der Waals surface area contributed by atoms with Crippen molar-refractivity contribution in [3.8, 4) is 5.75 Å². The van der Waals surface area contributed by atoms with E-state index in [0.29, 0.717) is 17.2 Å². The Hall–Kier alpha value is -1.07. The van der Waals surface area contributed by atoms with Crippen molar-refractivity contribution in [1.29, 1.82) is 0 Å². The number of carbonyl (C=O) groups is 1. The zero-order chi connectivity index (χ0) is 11.3. The summed E-state index contributed by atoms with van der Waals surface area (Å²) in [6.07, 6.45) is 0. The van der Waals surface area contributed by atoms with Crippen LogP contribution in [0.4, 0.5) is 0 Å². The van der Waals surface area contributed by atoms with Crippen molar-refractivity contribution in [2.45, 2.75) is 0 Å². The Labute approximate surface area is 93.8 Å². The van der Waals surface area contributed by atoms with Gasteiger partial charge < -0.3 is 15.0 Å². The highest BCUT2D eigenvalue weighted by Crippen LogP contribution is 2.25. The lowest BCUT2D eigenvalue weighted by Crippen LogP contribution is -2.32. The molecule has 0 aliphatic rings. The van der Waals surface area contributed by atoms with Gasteiger partial charge in [-0.1, -0.05) is 0 Å². The number of likely N-dealkylation sites (N-methyl/N-ethyl adjacent to an activating group) is 2. The summed E-state index contributed by atoms with van der Waals surface area (Å²) in [6.45, 7) is 1.48. The van der Waals surface area contributed by atoms with E-state index in [-0.39, 0.29) is 5.91 Å². The average Bonchev–Trinajstić information content (AvgIpc) is 2.72. The zero-order valence-corrected chi connectivity index (χ0v) is 10.1. The molecule has 0 aliphatic heterocycles. The fourth-order valence-electron chi connectivity index (χ4n) is 1.17. The van der Waals surface area contributed by atoms with E-state index in [2.05, 4.69) is 5.32 Å². The Kier molecular flexibility index (Phi) is 4.58. The first-order valence-electron chi connectivity index (χ1n) is 4.72. The molecule has 0 unspecified atom stereocenters. The second-order valence-corrected chi connectivity index (χ2v) is 4.06. The molecule has 84 valence electrons. The van der Waals surface area contributed by atoms with Gasteiger partial charge in [0.2, 0.25) is 0 Å². The molecule has 15 heavy (non-hydrogen) atoms. The lowest BCUT2D eigenvalue weighted by Gasteiger charge is -2.16. The second kappa shape index (κ2) is 5.72. The summed E-state index contributed by atoms with van der Waals surface area (Å²) in [7, 11) is 5.23. The number of methoxy groups -OCH3 is 1. The van der Waals surface area contributed by atoms with Crippen molar-refractivity contribution in [1.82, 2.24) is 10.2 Å². The van der Waals surface area contributed by atoms with Gasteiger partial charge in [-0.2, -0.15) is 0 Å². The molecule has 0 spiro atoms. The van der Waals surface area contributed by atoms with Gasteiger partial charge in [0, 0.05) is 20.1 Å². The van der Waals surface area contributed by atoms with Crippen LogP contribution >= 0.6 is 11.3 Å². The van der Waals surface area contributed by atoms with Crippen LogP contribution in [0.25, 0.3) is 0 Å². The van der Waals surface area contributed by atoms with Gasteiger partial charge in [0.1, 0.15) is 10.6 Å². The van der Waals surface area contributed by atoms with Crippen molar-refractivity contribution in [2.75, 3.05) is 34.3 Å². The quantitative estimate of drug-likeness (QED) is 0.819. The molecule has 0 radical (unpaired) electrons. The molecule has 5 heteroatoms. The molecule has 4 nitrogen and oxygen atoms in total. The number of hydrogen-bond donors (Lipinski definition) is 1. The Morgan fingerprint density at radius 2 is 2.40 bits per heavy atom. The van der Waals surface area contributed by atoms with Crippen molar-refractivity contribution in [3.05, 3.63) is 16.3 Å². The van der Waals surface area contributed by atoms with Crippen molar-refractivity contribution in [3.63, 3.8) is 0 Å². The molecular formula is C10H16N2O2S. The average molecular weight is 228 g/mol. The molecule has 1 heterocycles. The van der Waals surface area contributed by atoms with Gasteiger partial charge in [-0.15, -0.1) is 11.3 Å². The van der Waals surface area contributed by atoms with Crippen LogP contribution in [0, 0.1) is 0 Å². The van der Waals surface area contributed by atoms with E-state index < -0.39 is 0 Å². The maximum atomic E-state index is 11.9. The van der Waals surface area contributed by atoms with Gasteiger partial charge in [-0.3, -0.25) is 4.79 Å². The van der Waals surface area contributed by atoms with Crippen LogP contribution in [0.3, 0.4) is 0 Å². The smallest absolute Gasteiger partial charge is 0.267 e. The van der Waals surface area contributed by atoms with Gasteiger partial charge in [0.05, 0.1) is 7.11 Å². The molecule has 1 amide bonds. The molecule has 1 N–H and O–H groups in total. The first kappa shape index (κ1) is 12.0. The van der Waals surface area contributed by atoms with E-state index in [1.807, 2.05) is 18.5 Å². The van der Waals surface area contributed by atoms with Crippen LogP contribution in [0.2, 0.25) is 0 Å². The fourth-order valence-corrected chi connectivity index (χ4v) is 2.02. The van der Waals surface area contributed by atoms with Gasteiger partial charge in [0.25, 0.3) is 5.91 Å². The zero-order valence-electron chi connectivity index (χ0n) is 9.24. The number of amides is 1. The molecule has 0 atom stereocenters. The number of hydrogen-bond acceptors (Lipinski definition) is 4. The van der Waals surface area contributed by atoms with E-state index in [0.717, 1.165) is 6.54 Å². The van der Waals surface area contributed by atoms with Gasteiger partial charge in [0.15, 0.2) is 0 Å². The SMILES string of the molecule is CNCCN(C)C(=O)c1sccc1OC. The van der Waals surface area contributed by atoms with E-state index >= 15 is 0 Å². The second-order valence-electron chi connectivity index (χ2n) is 3.15. The first-order valence-corrected chi connectivity index (χ1v) is 5.60. The highest BCUT2D eigenvalue weighted by Gasteiger charge is 2.17. The molecule has 0 aromatic carbocycles. The van der Waals surface area contributed by atoms with E-state index in [1.54, 1.807) is 19.1 Å². The van der Waals surface area contributed by atoms with E-state index in [1.165, 1.54) is 11.3 Å². The Balaban J connectivity index is 2.67. The van der Waals surface area contributed by atoms with Crippen LogP contribution in [0.5, 0.6) is 5.75 Å². The van der Waals surface area contributed by atoms with E-state index in [4.69, 9.17) is 4.74 Å². The first-order chi connectivity index (χ1) is 7.20. The Morgan fingerprint density at radius 1 is 1.67 bits per heavy atom. The lowest BCUT2D eigenvalue weighted by molar-refractivity contribution is 0.0798. The summed E-state index contributed by atoms with van der Waals surface area (Å²) in [5.41, 5.74) is 0. The van der Waals surface area contributed by atoms with Gasteiger partial charge >= 0.3 is 0 Å². The third-order valence-electron chi connectivity index (χ3n) is 2.09. The van der Waals surface area contributed by atoms with Crippen molar-refractivity contribution < 1.29 is 9.53 Å². The monoisotopic (exact) mass is 228 g/mol. The molecule has 0 fully saturated rings. The number of carbonyl (C=O) groups excluding carboxylic acids is 1. The standard InChI is InChI=1S/C10H16N2O2S/c1-11-5-6-12(2)10(13)9-8(14-3)4-7-15-9/h4,7,11H,5-6H2,1-3H3. The van der Waals surface area contributed by atoms with Gasteiger partial charge in [-0.25, -0.2) is 0 Å². The number of thiophene rings is 1. The van der Waals surface area contributed by atoms with Crippen LogP contribution < -0.4 is 10.1 Å². The predicted molar refractivity (Wildman–Crippen MR) is 61.8 cm³/mol. The number of nitrogens with one attached hydrogen (secondary N) is 1. The highest BCUT2D eigenvalue weighted by molar-refractivity contribution is 7.12. The van der Waals surface area contributed by atoms with E-state index in [9.17, 15) is 4.79 Å². The lowest BCUT2D eigenvalue weighted by atomic mass is 10.3. The molecule has 0 aliphatic carbocycles.